The van der Waals surface area contributed by atoms with E-state index in [-0.39, 0.29) is 12.0 Å². The molecule has 0 aliphatic heterocycles. The number of ether oxygens (including phenoxy) is 1. The van der Waals surface area contributed by atoms with Crippen LogP contribution in [0.3, 0.4) is 0 Å². The smallest absolute Gasteiger partial charge is 0.340 e. The first kappa shape index (κ1) is 16.2. The number of anilines is 1. The Morgan fingerprint density at radius 3 is 2.55 bits per heavy atom. The number of carbonyl (C=O) groups is 2. The van der Waals surface area contributed by atoms with Crippen molar-refractivity contribution in [2.45, 2.75) is 40.7 Å². The number of aromatic nitrogens is 2. The second-order valence-corrected chi connectivity index (χ2v) is 6.19. The highest BCUT2D eigenvalue weighted by Crippen LogP contribution is 2.22. The van der Waals surface area contributed by atoms with Crippen LogP contribution in [0.1, 0.15) is 51.6 Å². The van der Waals surface area contributed by atoms with E-state index in [2.05, 4.69) is 15.3 Å². The number of aromatic amines is 1. The fourth-order valence-corrected chi connectivity index (χ4v) is 2.81. The molecule has 0 fully saturated rings. The van der Waals surface area contributed by atoms with Crippen LogP contribution >= 0.6 is 11.3 Å². The molecule has 2 rings (SSSR count). The first-order valence-electron chi connectivity index (χ1n) is 6.93. The molecule has 118 valence electrons. The van der Waals surface area contributed by atoms with E-state index in [0.717, 1.165) is 5.69 Å². The Bertz CT molecular complexity index is 716. The minimum absolute atomic E-state index is 0.211. The van der Waals surface area contributed by atoms with Gasteiger partial charge in [-0.05, 0) is 40.2 Å². The average Bonchev–Trinajstić information content (AvgIpc) is 2.92. The summed E-state index contributed by atoms with van der Waals surface area (Å²) in [6, 6.07) is 0. The monoisotopic (exact) mass is 321 g/mol. The quantitative estimate of drug-likeness (QED) is 0.847. The summed E-state index contributed by atoms with van der Waals surface area (Å²) >= 11 is 1.36. The molecule has 0 saturated carbocycles. The summed E-state index contributed by atoms with van der Waals surface area (Å²) in [6.07, 6.45) is -0.211. The van der Waals surface area contributed by atoms with Crippen molar-refractivity contribution in [2.75, 3.05) is 5.32 Å². The van der Waals surface area contributed by atoms with E-state index in [1.165, 1.54) is 11.3 Å². The van der Waals surface area contributed by atoms with Crippen LogP contribution in [-0.4, -0.2) is 27.9 Å². The molecule has 2 heterocycles. The van der Waals surface area contributed by atoms with E-state index in [0.29, 0.717) is 27.6 Å². The van der Waals surface area contributed by atoms with Crippen LogP contribution < -0.4 is 5.32 Å². The SMILES string of the molecule is Cc1csc(NC(=O)c2[nH]c(C)c(C(=O)OC(C)C)c2C)n1. The lowest BCUT2D eigenvalue weighted by molar-refractivity contribution is 0.0376. The maximum atomic E-state index is 12.3. The van der Waals surface area contributed by atoms with E-state index in [9.17, 15) is 9.59 Å². The molecule has 0 unspecified atom stereocenters. The van der Waals surface area contributed by atoms with E-state index in [4.69, 9.17) is 4.74 Å². The number of esters is 1. The van der Waals surface area contributed by atoms with Gasteiger partial charge in [-0.15, -0.1) is 11.3 Å². The lowest BCUT2D eigenvalue weighted by Gasteiger charge is -2.08. The maximum Gasteiger partial charge on any atom is 0.340 e. The molecule has 22 heavy (non-hydrogen) atoms. The lowest BCUT2D eigenvalue weighted by Crippen LogP contribution is -2.15. The molecule has 0 atom stereocenters. The van der Waals surface area contributed by atoms with Gasteiger partial charge >= 0.3 is 5.97 Å². The van der Waals surface area contributed by atoms with Crippen molar-refractivity contribution < 1.29 is 14.3 Å². The molecule has 0 bridgehead atoms. The summed E-state index contributed by atoms with van der Waals surface area (Å²) < 4.78 is 5.21. The molecule has 0 saturated heterocycles. The number of hydrogen-bond acceptors (Lipinski definition) is 5. The zero-order valence-corrected chi connectivity index (χ0v) is 14.1. The minimum Gasteiger partial charge on any atom is -0.459 e. The van der Waals surface area contributed by atoms with Gasteiger partial charge in [0.1, 0.15) is 5.69 Å². The molecule has 0 aromatic carbocycles. The normalized spacial score (nSPS) is 10.8. The summed E-state index contributed by atoms with van der Waals surface area (Å²) in [7, 11) is 0. The zero-order valence-electron chi connectivity index (χ0n) is 13.2. The van der Waals surface area contributed by atoms with Crippen molar-refractivity contribution in [1.82, 2.24) is 9.97 Å². The predicted molar refractivity (Wildman–Crippen MR) is 85.6 cm³/mol. The van der Waals surface area contributed by atoms with Crippen LogP contribution in [0.4, 0.5) is 5.13 Å². The van der Waals surface area contributed by atoms with Crippen LogP contribution in [0.25, 0.3) is 0 Å². The molecule has 0 radical (unpaired) electrons. The third-order valence-electron chi connectivity index (χ3n) is 3.05. The van der Waals surface area contributed by atoms with Gasteiger partial charge in [-0.25, -0.2) is 9.78 Å². The van der Waals surface area contributed by atoms with Crippen molar-refractivity contribution in [2.24, 2.45) is 0 Å². The number of amides is 1. The van der Waals surface area contributed by atoms with Gasteiger partial charge in [0.2, 0.25) is 0 Å². The highest BCUT2D eigenvalue weighted by molar-refractivity contribution is 7.13. The Balaban J connectivity index is 2.25. The van der Waals surface area contributed by atoms with Crippen molar-refractivity contribution in [1.29, 1.82) is 0 Å². The number of H-pyrrole nitrogens is 1. The van der Waals surface area contributed by atoms with Crippen LogP contribution in [0.5, 0.6) is 0 Å². The minimum atomic E-state index is -0.426. The third kappa shape index (κ3) is 3.36. The maximum absolute atomic E-state index is 12.3. The summed E-state index contributed by atoms with van der Waals surface area (Å²) in [6.45, 7) is 8.90. The lowest BCUT2D eigenvalue weighted by atomic mass is 10.1. The van der Waals surface area contributed by atoms with E-state index >= 15 is 0 Å². The Morgan fingerprint density at radius 2 is 2.00 bits per heavy atom. The topological polar surface area (TPSA) is 84.1 Å². The number of thiazole rings is 1. The van der Waals surface area contributed by atoms with Gasteiger partial charge in [-0.3, -0.25) is 10.1 Å². The number of carbonyl (C=O) groups excluding carboxylic acids is 2. The fourth-order valence-electron chi connectivity index (χ4n) is 2.13. The van der Waals surface area contributed by atoms with E-state index in [1.54, 1.807) is 27.7 Å². The van der Waals surface area contributed by atoms with Gasteiger partial charge < -0.3 is 9.72 Å². The Morgan fingerprint density at radius 1 is 1.32 bits per heavy atom. The average molecular weight is 321 g/mol. The molecule has 6 nitrogen and oxygen atoms in total. The van der Waals surface area contributed by atoms with Crippen LogP contribution in [0.15, 0.2) is 5.38 Å². The summed E-state index contributed by atoms with van der Waals surface area (Å²) in [4.78, 5) is 31.6. The van der Waals surface area contributed by atoms with Crippen LogP contribution in [0.2, 0.25) is 0 Å². The number of hydrogen-bond donors (Lipinski definition) is 2. The van der Waals surface area contributed by atoms with E-state index < -0.39 is 5.97 Å². The standard InChI is InChI=1S/C15H19N3O3S/c1-7(2)21-14(20)11-9(4)12(17-10(11)5)13(19)18-15-16-8(3)6-22-15/h6-7,17H,1-5H3,(H,16,18,19). The van der Waals surface area contributed by atoms with Gasteiger partial charge in [-0.1, -0.05) is 0 Å². The van der Waals surface area contributed by atoms with Crippen molar-refractivity contribution in [3.05, 3.63) is 33.6 Å². The molecule has 2 aromatic heterocycles. The molecule has 7 heteroatoms. The number of nitrogens with zero attached hydrogens (tertiary/aromatic N) is 1. The van der Waals surface area contributed by atoms with E-state index in [1.807, 2.05) is 12.3 Å². The van der Waals surface area contributed by atoms with Crippen molar-refractivity contribution in [3.63, 3.8) is 0 Å². The van der Waals surface area contributed by atoms with Gasteiger partial charge in [0.15, 0.2) is 5.13 Å². The predicted octanol–water partition coefficient (Wildman–Crippen LogP) is 3.21. The van der Waals surface area contributed by atoms with Crippen molar-refractivity contribution in [3.8, 4) is 0 Å². The highest BCUT2D eigenvalue weighted by atomic mass is 32.1. The first-order valence-corrected chi connectivity index (χ1v) is 7.81. The Hall–Kier alpha value is -2.15. The first-order chi connectivity index (χ1) is 10.3. The third-order valence-corrected chi connectivity index (χ3v) is 3.93. The van der Waals surface area contributed by atoms with Gasteiger partial charge in [0, 0.05) is 11.1 Å². The molecular formula is C15H19N3O3S. The zero-order chi connectivity index (χ0) is 16.4. The van der Waals surface area contributed by atoms with Crippen LogP contribution in [0, 0.1) is 20.8 Å². The molecule has 1 amide bonds. The number of aryl methyl sites for hydroxylation is 2. The largest absolute Gasteiger partial charge is 0.459 e. The van der Waals surface area contributed by atoms with Gasteiger partial charge in [-0.2, -0.15) is 0 Å². The van der Waals surface area contributed by atoms with Crippen LogP contribution in [-0.2, 0) is 4.74 Å². The van der Waals surface area contributed by atoms with Crippen molar-refractivity contribution >= 4 is 28.3 Å². The van der Waals surface area contributed by atoms with Gasteiger partial charge in [0.05, 0.1) is 17.4 Å². The summed E-state index contributed by atoms with van der Waals surface area (Å²) in [5.74, 6) is -0.746. The number of nitrogens with one attached hydrogen (secondary N) is 2. The number of rotatable bonds is 4. The fraction of sp³-hybridized carbons (Fsp3) is 0.400. The molecule has 2 aromatic rings. The molecule has 0 aliphatic rings. The highest BCUT2D eigenvalue weighted by Gasteiger charge is 2.24. The Labute approximate surface area is 132 Å². The molecule has 0 spiro atoms. The summed E-state index contributed by atoms with van der Waals surface area (Å²) in [5, 5.41) is 5.11. The van der Waals surface area contributed by atoms with Gasteiger partial charge in [0.25, 0.3) is 5.91 Å². The Kier molecular flexibility index (Phi) is 4.65. The molecule has 0 aliphatic carbocycles. The summed E-state index contributed by atoms with van der Waals surface area (Å²) in [5.41, 5.74) is 2.80. The second-order valence-electron chi connectivity index (χ2n) is 5.33. The second kappa shape index (κ2) is 6.31. The molecule has 2 N–H and O–H groups in total. The molecular weight excluding hydrogens is 302 g/mol.